The molecule has 3 aromatic rings. The van der Waals surface area contributed by atoms with Gasteiger partial charge in [0.05, 0.1) is 18.4 Å². The molecule has 3 N–H and O–H groups in total. The van der Waals surface area contributed by atoms with Crippen molar-refractivity contribution in [3.63, 3.8) is 0 Å². The van der Waals surface area contributed by atoms with Gasteiger partial charge in [0.15, 0.2) is 5.11 Å². The van der Waals surface area contributed by atoms with Crippen LogP contribution in [-0.4, -0.2) is 24.7 Å². The molecule has 0 radical (unpaired) electrons. The fourth-order valence-electron chi connectivity index (χ4n) is 2.85. The molecule has 0 aliphatic rings. The van der Waals surface area contributed by atoms with E-state index in [2.05, 4.69) is 16.0 Å². The molecular weight excluding hydrogens is 420 g/mol. The molecule has 0 unspecified atom stereocenters. The number of methoxy groups -OCH3 is 1. The summed E-state index contributed by atoms with van der Waals surface area (Å²) in [5.41, 5.74) is 1.99. The van der Waals surface area contributed by atoms with Crippen LogP contribution in [0.5, 0.6) is 5.75 Å². The van der Waals surface area contributed by atoms with E-state index in [0.717, 1.165) is 5.56 Å². The van der Waals surface area contributed by atoms with Crippen LogP contribution in [0.2, 0.25) is 0 Å². The van der Waals surface area contributed by atoms with Gasteiger partial charge in [0.1, 0.15) is 17.4 Å². The number of halogens is 2. The molecule has 160 valence electrons. The minimum atomic E-state index is -0.602. The van der Waals surface area contributed by atoms with Gasteiger partial charge >= 0.3 is 0 Å². The zero-order valence-electron chi connectivity index (χ0n) is 16.7. The Morgan fingerprint density at radius 2 is 1.74 bits per heavy atom. The van der Waals surface area contributed by atoms with E-state index in [9.17, 15) is 13.6 Å². The smallest absolute Gasteiger partial charge is 0.258 e. The SMILES string of the molecule is COc1cc(NC(=S)NCCc2ccc(F)cc2)ccc1NC(=O)c1ccccc1F. The normalized spacial score (nSPS) is 10.3. The highest BCUT2D eigenvalue weighted by Crippen LogP contribution is 2.28. The van der Waals surface area contributed by atoms with Crippen molar-refractivity contribution in [1.82, 2.24) is 5.32 Å². The van der Waals surface area contributed by atoms with Crippen molar-refractivity contribution in [3.05, 3.63) is 89.5 Å². The lowest BCUT2D eigenvalue weighted by Crippen LogP contribution is -2.30. The molecule has 0 spiro atoms. The first kappa shape index (κ1) is 22.2. The highest BCUT2D eigenvalue weighted by Gasteiger charge is 2.14. The minimum absolute atomic E-state index is 0.0571. The second kappa shape index (κ2) is 10.5. The van der Waals surface area contributed by atoms with Crippen molar-refractivity contribution in [1.29, 1.82) is 0 Å². The van der Waals surface area contributed by atoms with Crippen molar-refractivity contribution in [2.45, 2.75) is 6.42 Å². The number of benzene rings is 3. The van der Waals surface area contributed by atoms with Crippen molar-refractivity contribution in [2.75, 3.05) is 24.3 Å². The molecule has 1 amide bonds. The van der Waals surface area contributed by atoms with Crippen molar-refractivity contribution < 1.29 is 18.3 Å². The molecule has 0 fully saturated rings. The topological polar surface area (TPSA) is 62.4 Å². The third kappa shape index (κ3) is 6.23. The maximum Gasteiger partial charge on any atom is 0.258 e. The zero-order chi connectivity index (χ0) is 22.2. The lowest BCUT2D eigenvalue weighted by Gasteiger charge is -2.14. The lowest BCUT2D eigenvalue weighted by atomic mass is 10.1. The van der Waals surface area contributed by atoms with Crippen molar-refractivity contribution in [3.8, 4) is 5.75 Å². The van der Waals surface area contributed by atoms with Gasteiger partial charge in [-0.15, -0.1) is 0 Å². The van der Waals surface area contributed by atoms with Gasteiger partial charge in [-0.1, -0.05) is 24.3 Å². The van der Waals surface area contributed by atoms with Gasteiger partial charge in [-0.05, 0) is 60.6 Å². The predicted molar refractivity (Wildman–Crippen MR) is 122 cm³/mol. The van der Waals surface area contributed by atoms with Gasteiger partial charge in [-0.25, -0.2) is 8.78 Å². The summed E-state index contributed by atoms with van der Waals surface area (Å²) in [7, 11) is 1.47. The average molecular weight is 442 g/mol. The Bertz CT molecular complexity index is 1070. The standard InChI is InChI=1S/C23H21F2N3O2S/c1-30-21-14-17(27-23(31)26-13-12-15-6-8-16(24)9-7-15)10-11-20(21)28-22(29)18-4-2-3-5-19(18)25/h2-11,14H,12-13H2,1H3,(H,28,29)(H2,26,27,31). The Balaban J connectivity index is 1.57. The Labute approximate surface area is 184 Å². The Hall–Kier alpha value is -3.52. The molecule has 3 aromatic carbocycles. The molecule has 0 aliphatic heterocycles. The Morgan fingerprint density at radius 1 is 1.00 bits per heavy atom. The molecule has 5 nitrogen and oxygen atoms in total. The summed E-state index contributed by atoms with van der Waals surface area (Å²) in [5, 5.41) is 9.18. The summed E-state index contributed by atoms with van der Waals surface area (Å²) < 4.78 is 32.1. The van der Waals surface area contributed by atoms with Crippen LogP contribution in [0, 0.1) is 11.6 Å². The lowest BCUT2D eigenvalue weighted by molar-refractivity contribution is 0.102. The van der Waals surface area contributed by atoms with Gasteiger partial charge in [-0.2, -0.15) is 0 Å². The number of thiocarbonyl (C=S) groups is 1. The Morgan fingerprint density at radius 3 is 2.45 bits per heavy atom. The van der Waals surface area contributed by atoms with E-state index in [1.807, 2.05) is 0 Å². The van der Waals surface area contributed by atoms with E-state index in [-0.39, 0.29) is 11.4 Å². The molecule has 0 aromatic heterocycles. The third-order valence-electron chi connectivity index (χ3n) is 4.44. The van der Waals surface area contributed by atoms with Gasteiger partial charge in [-0.3, -0.25) is 4.79 Å². The molecule has 0 bridgehead atoms. The number of rotatable bonds is 7. The van der Waals surface area contributed by atoms with Crippen LogP contribution in [0.4, 0.5) is 20.2 Å². The average Bonchev–Trinajstić information content (AvgIpc) is 2.76. The van der Waals surface area contributed by atoms with Crippen LogP contribution in [0.1, 0.15) is 15.9 Å². The van der Waals surface area contributed by atoms with E-state index in [4.69, 9.17) is 17.0 Å². The van der Waals surface area contributed by atoms with Crippen molar-refractivity contribution >= 4 is 34.6 Å². The quantitative estimate of drug-likeness (QED) is 0.462. The maximum absolute atomic E-state index is 13.8. The number of amides is 1. The van der Waals surface area contributed by atoms with E-state index < -0.39 is 11.7 Å². The molecule has 8 heteroatoms. The molecule has 0 saturated heterocycles. The second-order valence-corrected chi connectivity index (χ2v) is 7.01. The highest BCUT2D eigenvalue weighted by atomic mass is 32.1. The molecule has 0 atom stereocenters. The molecule has 0 aliphatic carbocycles. The van der Waals surface area contributed by atoms with Crippen LogP contribution in [0.25, 0.3) is 0 Å². The summed E-state index contributed by atoms with van der Waals surface area (Å²) in [5.74, 6) is -1.05. The summed E-state index contributed by atoms with van der Waals surface area (Å²) in [6.45, 7) is 0.575. The van der Waals surface area contributed by atoms with Crippen molar-refractivity contribution in [2.24, 2.45) is 0 Å². The summed E-state index contributed by atoms with van der Waals surface area (Å²) in [6, 6.07) is 17.1. The number of nitrogens with one attached hydrogen (secondary N) is 3. The van der Waals surface area contributed by atoms with Gasteiger partial charge in [0.2, 0.25) is 0 Å². The molecule has 0 heterocycles. The zero-order valence-corrected chi connectivity index (χ0v) is 17.6. The monoisotopic (exact) mass is 441 g/mol. The predicted octanol–water partition coefficient (Wildman–Crippen LogP) is 4.75. The van der Waals surface area contributed by atoms with Crippen LogP contribution in [0.15, 0.2) is 66.7 Å². The first-order valence-corrected chi connectivity index (χ1v) is 9.90. The van der Waals surface area contributed by atoms with Gasteiger partial charge in [0.25, 0.3) is 5.91 Å². The number of hydrogen-bond acceptors (Lipinski definition) is 3. The number of anilines is 2. The first-order valence-electron chi connectivity index (χ1n) is 9.49. The third-order valence-corrected chi connectivity index (χ3v) is 4.68. The van der Waals surface area contributed by atoms with Crippen LogP contribution < -0.4 is 20.7 Å². The molecule has 31 heavy (non-hydrogen) atoms. The largest absolute Gasteiger partial charge is 0.494 e. The fraction of sp³-hybridized carbons (Fsp3) is 0.130. The van der Waals surface area contributed by atoms with Crippen LogP contribution in [-0.2, 0) is 6.42 Å². The van der Waals surface area contributed by atoms with Gasteiger partial charge in [0, 0.05) is 18.3 Å². The second-order valence-electron chi connectivity index (χ2n) is 6.61. The first-order chi connectivity index (χ1) is 15.0. The summed E-state index contributed by atoms with van der Waals surface area (Å²) in [6.07, 6.45) is 0.687. The highest BCUT2D eigenvalue weighted by molar-refractivity contribution is 7.80. The summed E-state index contributed by atoms with van der Waals surface area (Å²) in [4.78, 5) is 12.3. The fourth-order valence-corrected chi connectivity index (χ4v) is 3.07. The Kier molecular flexibility index (Phi) is 7.50. The van der Waals surface area contributed by atoms with Gasteiger partial charge < -0.3 is 20.7 Å². The number of carbonyl (C=O) groups excluding carboxylic acids is 1. The van der Waals surface area contributed by atoms with E-state index in [1.165, 1.54) is 37.4 Å². The van der Waals surface area contributed by atoms with E-state index >= 15 is 0 Å². The molecule has 3 rings (SSSR count). The number of ether oxygens (including phenoxy) is 1. The summed E-state index contributed by atoms with van der Waals surface area (Å²) >= 11 is 5.30. The van der Waals surface area contributed by atoms with E-state index in [0.29, 0.717) is 35.2 Å². The minimum Gasteiger partial charge on any atom is -0.494 e. The van der Waals surface area contributed by atoms with Crippen LogP contribution in [0.3, 0.4) is 0 Å². The van der Waals surface area contributed by atoms with Crippen LogP contribution >= 0.6 is 12.2 Å². The number of hydrogen-bond donors (Lipinski definition) is 3. The molecule has 0 saturated carbocycles. The maximum atomic E-state index is 13.8. The molecular formula is C23H21F2N3O2S. The number of carbonyl (C=O) groups is 1. The van der Waals surface area contributed by atoms with E-state index in [1.54, 1.807) is 36.4 Å².